The van der Waals surface area contributed by atoms with Crippen molar-refractivity contribution in [3.05, 3.63) is 89.5 Å². The van der Waals surface area contributed by atoms with Crippen LogP contribution in [0.15, 0.2) is 72.8 Å². The molecule has 30 heavy (non-hydrogen) atoms. The maximum absolute atomic E-state index is 11.7. The molecule has 156 valence electrons. The zero-order chi connectivity index (χ0) is 21.6. The molecule has 4 heteroatoms. The molecular weight excluding hydrogens is 387 g/mol. The highest BCUT2D eigenvalue weighted by Gasteiger charge is 2.45. The third-order valence-corrected chi connectivity index (χ3v) is 10.1. The molecule has 0 aliphatic carbocycles. The molecule has 0 aromatic heterocycles. The smallest absolute Gasteiger partial charge is 0.233 e. The van der Waals surface area contributed by atoms with Gasteiger partial charge in [-0.1, -0.05) is 36.4 Å². The average Bonchev–Trinajstić information content (AvgIpc) is 2.74. The Balaban J connectivity index is 2.16. The highest BCUT2D eigenvalue weighted by molar-refractivity contribution is 7.95. The van der Waals surface area contributed by atoms with Crippen LogP contribution in [0.3, 0.4) is 0 Å². The summed E-state index contributed by atoms with van der Waals surface area (Å²) in [7, 11) is -1.87. The largest absolute Gasteiger partial charge is 0.294 e. The highest BCUT2D eigenvalue weighted by atomic mass is 31.2. The Bertz CT molecular complexity index is 904. The third-order valence-electron chi connectivity index (χ3n) is 5.64. The van der Waals surface area contributed by atoms with E-state index in [0.717, 1.165) is 19.0 Å². The first-order valence-corrected chi connectivity index (χ1v) is 12.5. The lowest BCUT2D eigenvalue weighted by molar-refractivity contribution is -0.121. The third kappa shape index (κ3) is 4.98. The quantitative estimate of drug-likeness (QED) is 0.190. The second kappa shape index (κ2) is 10.0. The fourth-order valence-electron chi connectivity index (χ4n) is 4.14. The number of carbonyl (C=O) groups excluding carboxylic acids is 1. The molecule has 0 bridgehead atoms. The summed E-state index contributed by atoms with van der Waals surface area (Å²) in [6.45, 7) is 6.49. The van der Waals surface area contributed by atoms with Crippen LogP contribution < -0.4 is 27.2 Å². The molecule has 0 atom stereocenters. The van der Waals surface area contributed by atoms with Gasteiger partial charge in [-0.2, -0.15) is 0 Å². The van der Waals surface area contributed by atoms with Crippen LogP contribution in [0.4, 0.5) is 0 Å². The van der Waals surface area contributed by atoms with E-state index in [4.69, 9.17) is 5.84 Å². The van der Waals surface area contributed by atoms with Gasteiger partial charge in [0.1, 0.15) is 23.2 Å². The summed E-state index contributed by atoms with van der Waals surface area (Å²) in [4.78, 5) is 11.7. The summed E-state index contributed by atoms with van der Waals surface area (Å²) < 4.78 is 0. The number of nitrogens with one attached hydrogen (secondary N) is 1. The normalized spacial score (nSPS) is 11.3. The minimum absolute atomic E-state index is 0.0967. The molecule has 3 nitrogen and oxygen atoms in total. The van der Waals surface area contributed by atoms with E-state index in [1.165, 1.54) is 32.6 Å². The second-order valence-corrected chi connectivity index (χ2v) is 11.7. The van der Waals surface area contributed by atoms with Gasteiger partial charge in [0.15, 0.2) is 0 Å². The molecule has 3 N–H and O–H groups in total. The number of nitrogens with two attached hydrogens (primary N) is 1. The maximum Gasteiger partial charge on any atom is 0.233 e. The van der Waals surface area contributed by atoms with Crippen molar-refractivity contribution in [2.75, 3.05) is 6.16 Å². The molecule has 3 aromatic rings. The van der Waals surface area contributed by atoms with Crippen molar-refractivity contribution in [1.29, 1.82) is 0 Å². The summed E-state index contributed by atoms with van der Waals surface area (Å²) in [5, 5.41) is 4.21. The molecule has 0 unspecified atom stereocenters. The van der Waals surface area contributed by atoms with Crippen LogP contribution in [0, 0.1) is 20.8 Å². The summed E-state index contributed by atoms with van der Waals surface area (Å²) in [5.41, 5.74) is 6.08. The van der Waals surface area contributed by atoms with E-state index < -0.39 is 7.26 Å². The molecule has 0 spiro atoms. The van der Waals surface area contributed by atoms with E-state index >= 15 is 0 Å². The number of rotatable bonds is 8. The lowest BCUT2D eigenvalue weighted by Gasteiger charge is -2.28. The molecule has 0 aliphatic heterocycles. The van der Waals surface area contributed by atoms with Gasteiger partial charge in [-0.15, -0.1) is 0 Å². The highest BCUT2D eigenvalue weighted by Crippen LogP contribution is 2.56. The van der Waals surface area contributed by atoms with Crippen molar-refractivity contribution in [1.82, 2.24) is 5.43 Å². The SMILES string of the molecule is Cc1cccc([P+](CCCCC(=O)NN)(c2cccc(C)c2)c2cccc(C)c2)c1. The van der Waals surface area contributed by atoms with Gasteiger partial charge in [-0.05, 0) is 86.7 Å². The van der Waals surface area contributed by atoms with Gasteiger partial charge in [0.2, 0.25) is 5.91 Å². The molecule has 3 aromatic carbocycles. The van der Waals surface area contributed by atoms with Crippen molar-refractivity contribution in [3.8, 4) is 0 Å². The van der Waals surface area contributed by atoms with Gasteiger partial charge >= 0.3 is 0 Å². The van der Waals surface area contributed by atoms with Crippen molar-refractivity contribution < 1.29 is 4.79 Å². The average molecular weight is 420 g/mol. The standard InChI is InChI=1S/C26H31N2OP/c1-20-9-6-12-23(17-20)30(16-5-4-15-26(29)28-27,24-13-7-10-21(2)18-24)25-14-8-11-22(3)19-25/h6-14,17-19H,4-5,15-16,27H2,1-3H3/p+1. The zero-order valence-electron chi connectivity index (χ0n) is 18.2. The van der Waals surface area contributed by atoms with Gasteiger partial charge in [-0.25, -0.2) is 5.84 Å². The molecule has 0 radical (unpaired) electrons. The summed E-state index contributed by atoms with van der Waals surface area (Å²) in [6, 6.07) is 26.9. The Kier molecular flexibility index (Phi) is 7.42. The molecule has 1 amide bonds. The Morgan fingerprint density at radius 1 is 0.767 bits per heavy atom. The van der Waals surface area contributed by atoms with E-state index in [0.29, 0.717) is 6.42 Å². The molecule has 0 fully saturated rings. The van der Waals surface area contributed by atoms with Crippen LogP contribution in [0.5, 0.6) is 0 Å². The first-order valence-electron chi connectivity index (χ1n) is 10.5. The van der Waals surface area contributed by atoms with Crippen molar-refractivity contribution in [2.24, 2.45) is 5.84 Å². The predicted molar refractivity (Wildman–Crippen MR) is 130 cm³/mol. The Morgan fingerprint density at radius 2 is 1.20 bits per heavy atom. The maximum atomic E-state index is 11.7. The Hall–Kier alpha value is -2.48. The first kappa shape index (κ1) is 22.2. The fourth-order valence-corrected chi connectivity index (χ4v) is 8.80. The second-order valence-electron chi connectivity index (χ2n) is 8.07. The van der Waals surface area contributed by atoms with Crippen LogP contribution >= 0.6 is 7.26 Å². The van der Waals surface area contributed by atoms with Gasteiger partial charge < -0.3 is 0 Å². The number of carbonyl (C=O) groups is 1. The van der Waals surface area contributed by atoms with E-state index in [2.05, 4.69) is 99.0 Å². The Morgan fingerprint density at radius 3 is 1.57 bits per heavy atom. The zero-order valence-corrected chi connectivity index (χ0v) is 19.1. The van der Waals surface area contributed by atoms with E-state index in [1.54, 1.807) is 0 Å². The van der Waals surface area contributed by atoms with E-state index in [9.17, 15) is 4.79 Å². The molecule has 3 rings (SSSR count). The minimum Gasteiger partial charge on any atom is -0.294 e. The van der Waals surface area contributed by atoms with Crippen LogP contribution in [-0.2, 0) is 4.79 Å². The molecule has 0 heterocycles. The topological polar surface area (TPSA) is 55.1 Å². The van der Waals surface area contributed by atoms with Gasteiger partial charge in [0.25, 0.3) is 0 Å². The Labute approximate surface area is 181 Å². The molecular formula is C26H32N2OP+. The van der Waals surface area contributed by atoms with Crippen LogP contribution in [0.2, 0.25) is 0 Å². The lowest BCUT2D eigenvalue weighted by atomic mass is 10.2. The van der Waals surface area contributed by atoms with Gasteiger partial charge in [0, 0.05) is 6.42 Å². The number of benzene rings is 3. The summed E-state index contributed by atoms with van der Waals surface area (Å²) >= 11 is 0. The number of hydrazine groups is 1. The monoisotopic (exact) mass is 419 g/mol. The summed E-state index contributed by atoms with van der Waals surface area (Å²) in [6.07, 6.45) is 3.29. The first-order chi connectivity index (χ1) is 14.5. The van der Waals surface area contributed by atoms with Crippen LogP contribution in [0.1, 0.15) is 36.0 Å². The van der Waals surface area contributed by atoms with Crippen LogP contribution in [-0.4, -0.2) is 12.1 Å². The van der Waals surface area contributed by atoms with Crippen LogP contribution in [0.25, 0.3) is 0 Å². The number of unbranched alkanes of at least 4 members (excludes halogenated alkanes) is 1. The van der Waals surface area contributed by atoms with E-state index in [1.807, 2.05) is 0 Å². The number of hydrogen-bond acceptors (Lipinski definition) is 2. The predicted octanol–water partition coefficient (Wildman–Crippen LogP) is 4.07. The molecule has 0 saturated heterocycles. The molecule has 0 saturated carbocycles. The lowest BCUT2D eigenvalue weighted by Crippen LogP contribution is -2.34. The van der Waals surface area contributed by atoms with Gasteiger partial charge in [-0.3, -0.25) is 10.2 Å². The van der Waals surface area contributed by atoms with Gasteiger partial charge in [0.05, 0.1) is 6.16 Å². The summed E-state index contributed by atoms with van der Waals surface area (Å²) in [5.74, 6) is 5.17. The minimum atomic E-state index is -1.87. The fraction of sp³-hybridized carbons (Fsp3) is 0.269. The number of aryl methyl sites for hydroxylation is 3. The molecule has 0 aliphatic rings. The number of hydrogen-bond donors (Lipinski definition) is 2. The van der Waals surface area contributed by atoms with Crippen molar-refractivity contribution in [2.45, 2.75) is 40.0 Å². The van der Waals surface area contributed by atoms with Crippen molar-refractivity contribution >= 4 is 29.1 Å². The van der Waals surface area contributed by atoms with E-state index in [-0.39, 0.29) is 5.91 Å². The van der Waals surface area contributed by atoms with Crippen molar-refractivity contribution in [3.63, 3.8) is 0 Å². The number of amides is 1.